The van der Waals surface area contributed by atoms with Crippen molar-refractivity contribution in [3.63, 3.8) is 0 Å². The number of carboxylic acids is 1. The molecule has 0 bridgehead atoms. The van der Waals surface area contributed by atoms with Gasteiger partial charge in [-0.15, -0.1) is 0 Å². The number of imidazole rings is 1. The van der Waals surface area contributed by atoms with Crippen molar-refractivity contribution >= 4 is 17.0 Å². The zero-order chi connectivity index (χ0) is 16.6. The van der Waals surface area contributed by atoms with Crippen LogP contribution in [0.2, 0.25) is 0 Å². The Morgan fingerprint density at radius 2 is 1.78 bits per heavy atom. The van der Waals surface area contributed by atoms with Gasteiger partial charge in [-0.3, -0.25) is 9.13 Å². The van der Waals surface area contributed by atoms with Crippen LogP contribution in [-0.4, -0.2) is 20.2 Å². The molecule has 1 N–H and O–H groups in total. The lowest BCUT2D eigenvalue weighted by molar-refractivity contribution is 0.0697. The summed E-state index contributed by atoms with van der Waals surface area (Å²) >= 11 is 0. The van der Waals surface area contributed by atoms with E-state index < -0.39 is 5.97 Å². The third-order valence-electron chi connectivity index (χ3n) is 3.91. The Hall–Kier alpha value is -2.82. The first kappa shape index (κ1) is 15.1. The van der Waals surface area contributed by atoms with E-state index in [9.17, 15) is 14.7 Å². The van der Waals surface area contributed by atoms with Crippen molar-refractivity contribution in [2.24, 2.45) is 0 Å². The highest BCUT2D eigenvalue weighted by molar-refractivity contribution is 5.92. The van der Waals surface area contributed by atoms with Gasteiger partial charge in [-0.05, 0) is 37.6 Å². The SMILES string of the molecule is CC(C)n1c(=O)n(Cc2ccccc2)c2cc(C(=O)O)ccc21. The third-order valence-corrected chi connectivity index (χ3v) is 3.91. The molecule has 0 aliphatic rings. The number of fused-ring (bicyclic) bond motifs is 1. The molecule has 23 heavy (non-hydrogen) atoms. The van der Waals surface area contributed by atoms with Crippen LogP contribution >= 0.6 is 0 Å². The largest absolute Gasteiger partial charge is 0.478 e. The first-order valence-electron chi connectivity index (χ1n) is 7.51. The van der Waals surface area contributed by atoms with E-state index in [1.165, 1.54) is 6.07 Å². The summed E-state index contributed by atoms with van der Waals surface area (Å²) in [6.45, 7) is 4.30. The maximum atomic E-state index is 12.8. The molecule has 5 heteroatoms. The monoisotopic (exact) mass is 310 g/mol. The van der Waals surface area contributed by atoms with Crippen LogP contribution in [0.1, 0.15) is 35.8 Å². The lowest BCUT2D eigenvalue weighted by Crippen LogP contribution is -2.25. The van der Waals surface area contributed by atoms with E-state index in [0.717, 1.165) is 11.1 Å². The molecule has 2 aromatic carbocycles. The molecule has 5 nitrogen and oxygen atoms in total. The number of carbonyl (C=O) groups is 1. The van der Waals surface area contributed by atoms with Gasteiger partial charge in [0.15, 0.2) is 0 Å². The zero-order valence-electron chi connectivity index (χ0n) is 13.1. The molecule has 0 saturated heterocycles. The minimum absolute atomic E-state index is 0.00213. The van der Waals surface area contributed by atoms with E-state index in [1.54, 1.807) is 21.3 Å². The molecule has 3 rings (SSSR count). The minimum atomic E-state index is -0.997. The normalized spacial score (nSPS) is 11.3. The highest BCUT2D eigenvalue weighted by atomic mass is 16.4. The minimum Gasteiger partial charge on any atom is -0.478 e. The van der Waals surface area contributed by atoms with Gasteiger partial charge in [0, 0.05) is 6.04 Å². The average Bonchev–Trinajstić information content (AvgIpc) is 2.80. The lowest BCUT2D eigenvalue weighted by Gasteiger charge is -2.06. The van der Waals surface area contributed by atoms with Gasteiger partial charge in [0.25, 0.3) is 0 Å². The second-order valence-electron chi connectivity index (χ2n) is 5.83. The van der Waals surface area contributed by atoms with Crippen molar-refractivity contribution in [2.45, 2.75) is 26.4 Å². The summed E-state index contributed by atoms with van der Waals surface area (Å²) in [5.41, 5.74) is 2.46. The first-order valence-corrected chi connectivity index (χ1v) is 7.51. The summed E-state index contributed by atoms with van der Waals surface area (Å²) in [4.78, 5) is 24.0. The van der Waals surface area contributed by atoms with E-state index in [0.29, 0.717) is 12.1 Å². The molecule has 0 radical (unpaired) electrons. The number of nitrogens with zero attached hydrogens (tertiary/aromatic N) is 2. The van der Waals surface area contributed by atoms with Gasteiger partial charge in [-0.2, -0.15) is 0 Å². The topological polar surface area (TPSA) is 64.2 Å². The van der Waals surface area contributed by atoms with Crippen LogP contribution < -0.4 is 5.69 Å². The predicted octanol–water partition coefficient (Wildman–Crippen LogP) is 3.13. The summed E-state index contributed by atoms with van der Waals surface area (Å²) in [7, 11) is 0. The first-order chi connectivity index (χ1) is 11.0. The van der Waals surface area contributed by atoms with Crippen molar-refractivity contribution in [1.82, 2.24) is 9.13 Å². The van der Waals surface area contributed by atoms with Crippen LogP contribution in [-0.2, 0) is 6.54 Å². The van der Waals surface area contributed by atoms with Crippen molar-refractivity contribution in [2.75, 3.05) is 0 Å². The van der Waals surface area contributed by atoms with E-state index in [2.05, 4.69) is 0 Å². The Labute approximate surface area is 133 Å². The van der Waals surface area contributed by atoms with Gasteiger partial charge in [-0.1, -0.05) is 30.3 Å². The van der Waals surface area contributed by atoms with E-state index >= 15 is 0 Å². The van der Waals surface area contributed by atoms with Gasteiger partial charge in [0.2, 0.25) is 0 Å². The van der Waals surface area contributed by atoms with Gasteiger partial charge < -0.3 is 5.11 Å². The number of carboxylic acid groups (broad SMARTS) is 1. The van der Waals surface area contributed by atoms with Gasteiger partial charge in [0.05, 0.1) is 23.1 Å². The van der Waals surface area contributed by atoms with Crippen LogP contribution in [0.4, 0.5) is 0 Å². The fourth-order valence-electron chi connectivity index (χ4n) is 2.83. The number of aromatic carboxylic acids is 1. The van der Waals surface area contributed by atoms with Gasteiger partial charge in [-0.25, -0.2) is 9.59 Å². The third kappa shape index (κ3) is 2.65. The summed E-state index contributed by atoms with van der Waals surface area (Å²) in [5, 5.41) is 9.22. The zero-order valence-corrected chi connectivity index (χ0v) is 13.1. The summed E-state index contributed by atoms with van der Waals surface area (Å²) < 4.78 is 3.33. The molecule has 1 aromatic heterocycles. The van der Waals surface area contributed by atoms with Crippen molar-refractivity contribution < 1.29 is 9.90 Å². The Balaban J connectivity index is 2.26. The molecule has 0 atom stereocenters. The van der Waals surface area contributed by atoms with Crippen molar-refractivity contribution in [3.8, 4) is 0 Å². The molecule has 0 aliphatic carbocycles. The van der Waals surface area contributed by atoms with Crippen LogP contribution in [0.3, 0.4) is 0 Å². The number of benzene rings is 2. The fourth-order valence-corrected chi connectivity index (χ4v) is 2.83. The van der Waals surface area contributed by atoms with Crippen LogP contribution in [0.5, 0.6) is 0 Å². The van der Waals surface area contributed by atoms with Gasteiger partial charge >= 0.3 is 11.7 Å². The summed E-state index contributed by atoms with van der Waals surface area (Å²) in [6, 6.07) is 14.5. The maximum absolute atomic E-state index is 12.8. The quantitative estimate of drug-likeness (QED) is 0.805. The molecular weight excluding hydrogens is 292 g/mol. The molecule has 0 unspecified atom stereocenters. The van der Waals surface area contributed by atoms with Crippen molar-refractivity contribution in [1.29, 1.82) is 0 Å². The highest BCUT2D eigenvalue weighted by Gasteiger charge is 2.17. The Bertz CT molecular complexity index is 921. The van der Waals surface area contributed by atoms with Crippen LogP contribution in [0.25, 0.3) is 11.0 Å². The molecular formula is C18H18N2O3. The second kappa shape index (κ2) is 5.76. The lowest BCUT2D eigenvalue weighted by atomic mass is 10.2. The van der Waals surface area contributed by atoms with Crippen molar-refractivity contribution in [3.05, 3.63) is 70.1 Å². The Morgan fingerprint density at radius 1 is 1.09 bits per heavy atom. The summed E-state index contributed by atoms with van der Waals surface area (Å²) in [6.07, 6.45) is 0. The number of rotatable bonds is 4. The number of aromatic nitrogens is 2. The predicted molar refractivity (Wildman–Crippen MR) is 89.1 cm³/mol. The number of hydrogen-bond acceptors (Lipinski definition) is 2. The molecule has 0 aliphatic heterocycles. The Morgan fingerprint density at radius 3 is 2.39 bits per heavy atom. The molecule has 118 valence electrons. The molecule has 1 heterocycles. The second-order valence-corrected chi connectivity index (χ2v) is 5.83. The maximum Gasteiger partial charge on any atom is 0.335 e. The molecule has 0 amide bonds. The van der Waals surface area contributed by atoms with Crippen LogP contribution in [0, 0.1) is 0 Å². The van der Waals surface area contributed by atoms with Crippen LogP contribution in [0.15, 0.2) is 53.3 Å². The van der Waals surface area contributed by atoms with E-state index in [1.807, 2.05) is 44.2 Å². The smallest absolute Gasteiger partial charge is 0.335 e. The van der Waals surface area contributed by atoms with Gasteiger partial charge in [0.1, 0.15) is 0 Å². The fraction of sp³-hybridized carbons (Fsp3) is 0.222. The van der Waals surface area contributed by atoms with E-state index in [-0.39, 0.29) is 17.3 Å². The average molecular weight is 310 g/mol. The highest BCUT2D eigenvalue weighted by Crippen LogP contribution is 2.20. The molecule has 3 aromatic rings. The number of hydrogen-bond donors (Lipinski definition) is 1. The molecule has 0 saturated carbocycles. The molecule has 0 spiro atoms. The molecule has 0 fully saturated rings. The summed E-state index contributed by atoms with van der Waals surface area (Å²) in [5.74, 6) is -0.997. The Kier molecular flexibility index (Phi) is 3.78. The standard InChI is InChI=1S/C18H18N2O3/c1-12(2)20-15-9-8-14(17(21)22)10-16(15)19(18(20)23)11-13-6-4-3-5-7-13/h3-10,12H,11H2,1-2H3,(H,21,22). The van der Waals surface area contributed by atoms with E-state index in [4.69, 9.17) is 0 Å².